The molecule has 33 heavy (non-hydrogen) atoms. The van der Waals surface area contributed by atoms with Gasteiger partial charge < -0.3 is 19.6 Å². The highest BCUT2D eigenvalue weighted by Crippen LogP contribution is 2.44. The fourth-order valence-corrected chi connectivity index (χ4v) is 5.61. The Hall–Kier alpha value is -2.79. The van der Waals surface area contributed by atoms with Gasteiger partial charge in [0.25, 0.3) is 0 Å². The van der Waals surface area contributed by atoms with Gasteiger partial charge in [-0.05, 0) is 69.6 Å². The lowest BCUT2D eigenvalue weighted by atomic mass is 9.78. The molecule has 2 aliphatic heterocycles. The predicted octanol–water partition coefficient (Wildman–Crippen LogP) is 3.64. The SMILES string of the molecule is CCCOC(=O)Nc1ccc(N2CCC[C@]3(CCN([C@H]4CC[C@H](O)CC4)C3=O)C2)c(C#N)c1. The molecule has 1 spiro atoms. The van der Waals surface area contributed by atoms with Crippen LogP contribution in [0, 0.1) is 16.7 Å². The first kappa shape index (κ1) is 23.4. The number of anilines is 2. The minimum Gasteiger partial charge on any atom is -0.449 e. The number of ether oxygens (including phenoxy) is 1. The van der Waals surface area contributed by atoms with Gasteiger partial charge in [0, 0.05) is 31.4 Å². The fraction of sp³-hybridized carbons (Fsp3) is 0.640. The maximum atomic E-state index is 13.6. The van der Waals surface area contributed by atoms with Crippen LogP contribution in [0.4, 0.5) is 16.2 Å². The molecule has 3 fully saturated rings. The number of aliphatic hydroxyl groups excluding tert-OH is 1. The molecule has 0 unspecified atom stereocenters. The van der Waals surface area contributed by atoms with Crippen LogP contribution >= 0.6 is 0 Å². The number of nitrogens with one attached hydrogen (secondary N) is 1. The van der Waals surface area contributed by atoms with E-state index in [1.54, 1.807) is 12.1 Å². The Kier molecular flexibility index (Phi) is 7.08. The summed E-state index contributed by atoms with van der Waals surface area (Å²) in [5.74, 6) is 0.240. The molecule has 1 aromatic carbocycles. The normalized spacial score (nSPS) is 27.5. The smallest absolute Gasteiger partial charge is 0.411 e. The molecule has 2 heterocycles. The van der Waals surface area contributed by atoms with E-state index in [9.17, 15) is 20.0 Å². The second-order valence-electron chi connectivity index (χ2n) is 9.62. The highest BCUT2D eigenvalue weighted by atomic mass is 16.5. The number of benzene rings is 1. The van der Waals surface area contributed by atoms with E-state index in [2.05, 4.69) is 21.2 Å². The van der Waals surface area contributed by atoms with E-state index in [4.69, 9.17) is 4.74 Å². The van der Waals surface area contributed by atoms with Gasteiger partial charge in [0.2, 0.25) is 5.91 Å². The number of piperidine rings is 1. The Morgan fingerprint density at radius 1 is 1.27 bits per heavy atom. The molecule has 8 nitrogen and oxygen atoms in total. The third-order valence-corrected chi connectivity index (χ3v) is 7.37. The highest BCUT2D eigenvalue weighted by molar-refractivity contribution is 5.87. The first-order valence-corrected chi connectivity index (χ1v) is 12.2. The Morgan fingerprint density at radius 2 is 2.06 bits per heavy atom. The minimum absolute atomic E-state index is 0.228. The molecule has 3 aliphatic rings. The number of rotatable bonds is 5. The Bertz CT molecular complexity index is 921. The lowest BCUT2D eigenvalue weighted by Crippen LogP contribution is -2.50. The van der Waals surface area contributed by atoms with E-state index in [0.29, 0.717) is 24.4 Å². The van der Waals surface area contributed by atoms with Crippen molar-refractivity contribution in [3.8, 4) is 6.07 Å². The number of nitrogens with zero attached hydrogens (tertiary/aromatic N) is 3. The molecule has 1 atom stereocenters. The van der Waals surface area contributed by atoms with Gasteiger partial charge in [-0.15, -0.1) is 0 Å². The monoisotopic (exact) mass is 454 g/mol. The number of carbonyl (C=O) groups is 2. The molecule has 4 rings (SSSR count). The van der Waals surface area contributed by atoms with E-state index >= 15 is 0 Å². The van der Waals surface area contributed by atoms with Crippen LogP contribution in [0.3, 0.4) is 0 Å². The number of amides is 2. The van der Waals surface area contributed by atoms with Gasteiger partial charge >= 0.3 is 6.09 Å². The molecule has 178 valence electrons. The van der Waals surface area contributed by atoms with Crippen LogP contribution in [0.25, 0.3) is 0 Å². The average molecular weight is 455 g/mol. The van der Waals surface area contributed by atoms with Crippen molar-refractivity contribution in [3.05, 3.63) is 23.8 Å². The van der Waals surface area contributed by atoms with E-state index in [-0.39, 0.29) is 18.1 Å². The van der Waals surface area contributed by atoms with Crippen LogP contribution < -0.4 is 10.2 Å². The summed E-state index contributed by atoms with van der Waals surface area (Å²) in [4.78, 5) is 29.7. The third kappa shape index (κ3) is 4.93. The van der Waals surface area contributed by atoms with E-state index in [1.165, 1.54) is 0 Å². The second-order valence-corrected chi connectivity index (χ2v) is 9.62. The van der Waals surface area contributed by atoms with Crippen molar-refractivity contribution < 1.29 is 19.4 Å². The predicted molar refractivity (Wildman–Crippen MR) is 125 cm³/mol. The van der Waals surface area contributed by atoms with E-state index < -0.39 is 11.5 Å². The summed E-state index contributed by atoms with van der Waals surface area (Å²) < 4.78 is 5.06. The van der Waals surface area contributed by atoms with Crippen molar-refractivity contribution in [1.29, 1.82) is 5.26 Å². The topological polar surface area (TPSA) is 106 Å². The summed E-state index contributed by atoms with van der Waals surface area (Å²) >= 11 is 0. The molecular weight excluding hydrogens is 420 g/mol. The molecule has 1 aliphatic carbocycles. The lowest BCUT2D eigenvalue weighted by Gasteiger charge is -2.41. The van der Waals surface area contributed by atoms with Gasteiger partial charge in [0.1, 0.15) is 6.07 Å². The standard InChI is InChI=1S/C25H34N4O4/c1-2-14-33-24(32)27-19-4-9-22(18(15-19)16-26)28-12-3-10-25(17-28)11-13-29(23(25)31)20-5-7-21(30)8-6-20/h4,9,15,20-21,30H,2-3,5-8,10-14,17H2,1H3,(H,27,32)/t20-,21-,25-/m0/s1. The Labute approximate surface area is 195 Å². The van der Waals surface area contributed by atoms with Gasteiger partial charge in [0.15, 0.2) is 0 Å². The zero-order valence-corrected chi connectivity index (χ0v) is 19.4. The van der Waals surface area contributed by atoms with Crippen LogP contribution in [-0.2, 0) is 9.53 Å². The maximum Gasteiger partial charge on any atom is 0.411 e. The number of nitriles is 1. The van der Waals surface area contributed by atoms with E-state index in [1.807, 2.05) is 13.0 Å². The average Bonchev–Trinajstić information content (AvgIpc) is 3.13. The summed E-state index contributed by atoms with van der Waals surface area (Å²) in [5, 5.41) is 22.3. The first-order valence-electron chi connectivity index (χ1n) is 12.2. The van der Waals surface area contributed by atoms with Crippen molar-refractivity contribution in [1.82, 2.24) is 4.90 Å². The van der Waals surface area contributed by atoms with Gasteiger partial charge in [-0.25, -0.2) is 4.79 Å². The summed E-state index contributed by atoms with van der Waals surface area (Å²) in [6.45, 7) is 4.45. The van der Waals surface area contributed by atoms with Crippen molar-refractivity contribution in [2.75, 3.05) is 36.5 Å². The summed E-state index contributed by atoms with van der Waals surface area (Å²) in [6, 6.07) is 7.79. The lowest BCUT2D eigenvalue weighted by molar-refractivity contribution is -0.139. The van der Waals surface area contributed by atoms with Crippen molar-refractivity contribution in [3.63, 3.8) is 0 Å². The Morgan fingerprint density at radius 3 is 2.79 bits per heavy atom. The Balaban J connectivity index is 1.46. The third-order valence-electron chi connectivity index (χ3n) is 7.37. The van der Waals surface area contributed by atoms with Crippen LogP contribution in [0.5, 0.6) is 0 Å². The number of likely N-dealkylation sites (tertiary alicyclic amines) is 1. The molecule has 0 bridgehead atoms. The van der Waals surface area contributed by atoms with Crippen LogP contribution in [0.15, 0.2) is 18.2 Å². The first-order chi connectivity index (χ1) is 16.0. The second kappa shape index (κ2) is 10.0. The van der Waals surface area contributed by atoms with Gasteiger partial charge in [0.05, 0.1) is 29.4 Å². The van der Waals surface area contributed by atoms with Gasteiger partial charge in [-0.3, -0.25) is 10.1 Å². The van der Waals surface area contributed by atoms with Crippen molar-refractivity contribution in [2.24, 2.45) is 5.41 Å². The number of aliphatic hydroxyl groups is 1. The zero-order valence-electron chi connectivity index (χ0n) is 19.4. The zero-order chi connectivity index (χ0) is 23.4. The molecule has 0 aromatic heterocycles. The molecule has 8 heteroatoms. The molecule has 1 aromatic rings. The fourth-order valence-electron chi connectivity index (χ4n) is 5.61. The number of hydrogen-bond donors (Lipinski definition) is 2. The van der Waals surface area contributed by atoms with Crippen LogP contribution in [-0.4, -0.2) is 60.4 Å². The summed E-state index contributed by atoms with van der Waals surface area (Å²) in [7, 11) is 0. The maximum absolute atomic E-state index is 13.6. The highest BCUT2D eigenvalue weighted by Gasteiger charge is 2.50. The van der Waals surface area contributed by atoms with Crippen molar-refractivity contribution in [2.45, 2.75) is 70.4 Å². The number of hydrogen-bond acceptors (Lipinski definition) is 6. The molecular formula is C25H34N4O4. The van der Waals surface area contributed by atoms with Gasteiger partial charge in [-0.2, -0.15) is 5.26 Å². The van der Waals surface area contributed by atoms with Gasteiger partial charge in [-0.1, -0.05) is 6.92 Å². The molecule has 0 radical (unpaired) electrons. The molecule has 1 saturated carbocycles. The minimum atomic E-state index is -0.530. The molecule has 2 amide bonds. The summed E-state index contributed by atoms with van der Waals surface area (Å²) in [6.07, 6.45) is 5.89. The quantitative estimate of drug-likeness (QED) is 0.704. The largest absolute Gasteiger partial charge is 0.449 e. The molecule has 2 saturated heterocycles. The van der Waals surface area contributed by atoms with E-state index in [0.717, 1.165) is 70.1 Å². The van der Waals surface area contributed by atoms with Crippen LogP contribution in [0.1, 0.15) is 63.9 Å². The van der Waals surface area contributed by atoms with Crippen molar-refractivity contribution >= 4 is 23.4 Å². The van der Waals surface area contributed by atoms with Crippen LogP contribution in [0.2, 0.25) is 0 Å². The molecule has 2 N–H and O–H groups in total. The summed E-state index contributed by atoms with van der Waals surface area (Å²) in [5.41, 5.74) is 1.40. The number of carbonyl (C=O) groups excluding carboxylic acids is 2.